The molecule has 140 valence electrons. The van der Waals surface area contributed by atoms with E-state index in [0.29, 0.717) is 5.69 Å². The molecule has 5 nitrogen and oxygen atoms in total. The number of benzene rings is 2. The molecule has 0 aliphatic rings. The highest BCUT2D eigenvalue weighted by Crippen LogP contribution is 2.34. The molecule has 2 rings (SSSR count). The number of hydrogen-bond donors (Lipinski definition) is 1. The summed E-state index contributed by atoms with van der Waals surface area (Å²) in [4.78, 5) is 10.9. The second-order valence-electron chi connectivity index (χ2n) is 6.01. The zero-order chi connectivity index (χ0) is 19.5. The molecule has 0 amide bonds. The monoisotopic (exact) mass is 415 g/mol. The van der Waals surface area contributed by atoms with Gasteiger partial charge in [0.15, 0.2) is 0 Å². The molecule has 0 unspecified atom stereocenters. The molecule has 0 aliphatic carbocycles. The number of carbonyl (C=O) groups is 1. The van der Waals surface area contributed by atoms with Crippen LogP contribution in [0.25, 0.3) is 0 Å². The molecule has 0 aliphatic heterocycles. The predicted molar refractivity (Wildman–Crippen MR) is 104 cm³/mol. The van der Waals surface area contributed by atoms with Crippen LogP contribution >= 0.6 is 23.2 Å². The summed E-state index contributed by atoms with van der Waals surface area (Å²) in [5, 5.41) is 9.30. The topological polar surface area (TPSA) is 74.7 Å². The molecule has 0 bridgehead atoms. The minimum Gasteiger partial charge on any atom is -0.481 e. The highest BCUT2D eigenvalue weighted by molar-refractivity contribution is 7.93. The van der Waals surface area contributed by atoms with E-state index in [4.69, 9.17) is 28.3 Å². The van der Waals surface area contributed by atoms with Crippen LogP contribution in [0.15, 0.2) is 47.4 Å². The Morgan fingerprint density at radius 3 is 2.42 bits per heavy atom. The lowest BCUT2D eigenvalue weighted by Gasteiger charge is -2.27. The van der Waals surface area contributed by atoms with Gasteiger partial charge in [0.25, 0.3) is 10.0 Å². The summed E-state index contributed by atoms with van der Waals surface area (Å²) in [6.07, 6.45) is -0.343. The number of nitrogens with zero attached hydrogens (tertiary/aromatic N) is 1. The Hall–Kier alpha value is -1.76. The average molecular weight is 416 g/mol. The van der Waals surface area contributed by atoms with Gasteiger partial charge in [-0.15, -0.1) is 0 Å². The summed E-state index contributed by atoms with van der Waals surface area (Å²) >= 11 is 12.0. The van der Waals surface area contributed by atoms with Gasteiger partial charge < -0.3 is 5.11 Å². The first-order chi connectivity index (χ1) is 12.1. The second kappa shape index (κ2) is 8.29. The van der Waals surface area contributed by atoms with Gasteiger partial charge >= 0.3 is 5.97 Å². The highest BCUT2D eigenvalue weighted by Gasteiger charge is 2.29. The van der Waals surface area contributed by atoms with Crippen molar-refractivity contribution in [2.45, 2.75) is 31.1 Å². The normalized spacial score (nSPS) is 11.6. The molecule has 0 spiro atoms. The van der Waals surface area contributed by atoms with Crippen molar-refractivity contribution >= 4 is 44.9 Å². The lowest BCUT2D eigenvalue weighted by molar-refractivity contribution is -0.136. The summed E-state index contributed by atoms with van der Waals surface area (Å²) < 4.78 is 27.7. The molecule has 0 aromatic heterocycles. The van der Waals surface area contributed by atoms with Crippen LogP contribution in [0.2, 0.25) is 10.0 Å². The van der Waals surface area contributed by atoms with E-state index in [1.807, 2.05) is 26.0 Å². The molecule has 0 radical (unpaired) electrons. The summed E-state index contributed by atoms with van der Waals surface area (Å²) in [7, 11) is -4.11. The van der Waals surface area contributed by atoms with E-state index in [9.17, 15) is 13.2 Å². The van der Waals surface area contributed by atoms with Crippen LogP contribution < -0.4 is 4.31 Å². The predicted octanol–water partition coefficient (Wildman–Crippen LogP) is 4.79. The Morgan fingerprint density at radius 1 is 1.15 bits per heavy atom. The number of sulfonamides is 1. The van der Waals surface area contributed by atoms with Crippen LogP contribution in [0, 0.1) is 0 Å². The van der Waals surface area contributed by atoms with E-state index >= 15 is 0 Å². The molecule has 0 fully saturated rings. The molecule has 1 N–H and O–H groups in total. The van der Waals surface area contributed by atoms with Gasteiger partial charge in [-0.2, -0.15) is 0 Å². The first-order valence-electron chi connectivity index (χ1n) is 7.93. The summed E-state index contributed by atoms with van der Waals surface area (Å²) in [6.45, 7) is 3.66. The van der Waals surface area contributed by atoms with E-state index in [1.54, 1.807) is 12.1 Å². The Kier molecular flexibility index (Phi) is 6.55. The SMILES string of the molecule is CC(C)c1ccccc1N(CCC(=O)O)S(=O)(=O)c1cc(Cl)ccc1Cl. The third kappa shape index (κ3) is 4.50. The van der Waals surface area contributed by atoms with Crippen LogP contribution in [-0.2, 0) is 14.8 Å². The molecule has 26 heavy (non-hydrogen) atoms. The Morgan fingerprint density at radius 2 is 1.81 bits per heavy atom. The highest BCUT2D eigenvalue weighted by atomic mass is 35.5. The maximum atomic E-state index is 13.3. The maximum absolute atomic E-state index is 13.3. The fourth-order valence-corrected chi connectivity index (χ4v) is 4.80. The number of aliphatic carboxylic acids is 1. The molecule has 0 heterocycles. The van der Waals surface area contributed by atoms with Crippen molar-refractivity contribution in [2.24, 2.45) is 0 Å². The zero-order valence-corrected chi connectivity index (χ0v) is 16.6. The van der Waals surface area contributed by atoms with Crippen LogP contribution in [-0.4, -0.2) is 26.0 Å². The Bertz CT molecular complexity index is 913. The van der Waals surface area contributed by atoms with Gasteiger partial charge in [0.05, 0.1) is 17.1 Å². The number of carboxylic acid groups (broad SMARTS) is 1. The Labute approximate surface area is 163 Å². The van der Waals surface area contributed by atoms with E-state index in [0.717, 1.165) is 9.87 Å². The van der Waals surface area contributed by atoms with Crippen molar-refractivity contribution in [1.29, 1.82) is 0 Å². The molecule has 0 atom stereocenters. The molecular weight excluding hydrogens is 397 g/mol. The molecule has 0 saturated heterocycles. The summed E-state index contributed by atoms with van der Waals surface area (Å²) in [6, 6.07) is 11.2. The molecule has 2 aromatic carbocycles. The van der Waals surface area contributed by atoms with Crippen LogP contribution in [0.5, 0.6) is 0 Å². The third-order valence-electron chi connectivity index (χ3n) is 3.82. The van der Waals surface area contributed by atoms with Crippen molar-refractivity contribution < 1.29 is 18.3 Å². The number of halogens is 2. The number of anilines is 1. The van der Waals surface area contributed by atoms with Crippen LogP contribution in [0.4, 0.5) is 5.69 Å². The molecule has 2 aromatic rings. The quantitative estimate of drug-likeness (QED) is 0.705. The number of carboxylic acids is 1. The number of hydrogen-bond acceptors (Lipinski definition) is 3. The van der Waals surface area contributed by atoms with Crippen molar-refractivity contribution in [1.82, 2.24) is 0 Å². The Balaban J connectivity index is 2.65. The van der Waals surface area contributed by atoms with Gasteiger partial charge in [0.1, 0.15) is 4.90 Å². The first kappa shape index (κ1) is 20.6. The fourth-order valence-electron chi connectivity index (χ4n) is 2.56. The van der Waals surface area contributed by atoms with Crippen LogP contribution in [0.3, 0.4) is 0 Å². The summed E-state index contributed by atoms with van der Waals surface area (Å²) in [5.41, 5.74) is 1.22. The fraction of sp³-hybridized carbons (Fsp3) is 0.278. The van der Waals surface area contributed by atoms with Gasteiger partial charge in [0.2, 0.25) is 0 Å². The third-order valence-corrected chi connectivity index (χ3v) is 6.35. The lowest BCUT2D eigenvalue weighted by atomic mass is 10.0. The van der Waals surface area contributed by atoms with Gasteiger partial charge in [0, 0.05) is 11.6 Å². The average Bonchev–Trinajstić information content (AvgIpc) is 2.57. The summed E-state index contributed by atoms with van der Waals surface area (Å²) in [5.74, 6) is -1.05. The lowest BCUT2D eigenvalue weighted by Crippen LogP contribution is -2.34. The van der Waals surface area contributed by atoms with Crippen LogP contribution in [0.1, 0.15) is 31.7 Å². The van der Waals surface area contributed by atoms with E-state index in [1.165, 1.54) is 18.2 Å². The van der Waals surface area contributed by atoms with E-state index in [-0.39, 0.29) is 33.8 Å². The van der Waals surface area contributed by atoms with Gasteiger partial charge in [-0.3, -0.25) is 9.10 Å². The molecule has 0 saturated carbocycles. The van der Waals surface area contributed by atoms with Gasteiger partial charge in [-0.05, 0) is 35.7 Å². The van der Waals surface area contributed by atoms with Gasteiger partial charge in [-0.1, -0.05) is 55.2 Å². The minimum absolute atomic E-state index is 0.0248. The van der Waals surface area contributed by atoms with E-state index in [2.05, 4.69) is 0 Å². The van der Waals surface area contributed by atoms with Crippen molar-refractivity contribution in [3.05, 3.63) is 58.1 Å². The minimum atomic E-state index is -4.11. The first-order valence-corrected chi connectivity index (χ1v) is 10.1. The largest absolute Gasteiger partial charge is 0.481 e. The van der Waals surface area contributed by atoms with E-state index < -0.39 is 16.0 Å². The second-order valence-corrected chi connectivity index (χ2v) is 8.68. The smallest absolute Gasteiger partial charge is 0.305 e. The van der Waals surface area contributed by atoms with Crippen molar-refractivity contribution in [3.8, 4) is 0 Å². The number of para-hydroxylation sites is 1. The number of rotatable bonds is 7. The van der Waals surface area contributed by atoms with Crippen molar-refractivity contribution in [2.75, 3.05) is 10.8 Å². The standard InChI is InChI=1S/C18H19Cl2NO4S/c1-12(2)14-5-3-4-6-16(14)21(10-9-18(22)23)26(24,25)17-11-13(19)7-8-15(17)20/h3-8,11-12H,9-10H2,1-2H3,(H,22,23). The molecule has 8 heteroatoms. The maximum Gasteiger partial charge on any atom is 0.305 e. The zero-order valence-electron chi connectivity index (χ0n) is 14.3. The molecular formula is C18H19Cl2NO4S. The van der Waals surface area contributed by atoms with Crippen molar-refractivity contribution in [3.63, 3.8) is 0 Å². The van der Waals surface area contributed by atoms with Gasteiger partial charge in [-0.25, -0.2) is 8.42 Å².